The minimum absolute atomic E-state index is 0.0539. The third-order valence-electron chi connectivity index (χ3n) is 6.14. The number of likely N-dealkylation sites (N-methyl/N-ethyl adjacent to an activating group) is 1. The molecule has 1 aromatic rings. The molecule has 34 heavy (non-hydrogen) atoms. The third-order valence-corrected chi connectivity index (χ3v) is 6.14. The second kappa shape index (κ2) is 11.3. The van der Waals surface area contributed by atoms with Gasteiger partial charge in [-0.25, -0.2) is 18.8 Å². The van der Waals surface area contributed by atoms with Gasteiger partial charge in [-0.05, 0) is 33.8 Å². The molecule has 186 valence electrons. The Labute approximate surface area is 199 Å². The Balaban J connectivity index is 1.98. The summed E-state index contributed by atoms with van der Waals surface area (Å²) in [5.74, 6) is -1.10. The summed E-state index contributed by atoms with van der Waals surface area (Å²) in [6.07, 6.45) is 0. The number of hydrogen-bond acceptors (Lipinski definition) is 5. The molecule has 0 spiro atoms. The van der Waals surface area contributed by atoms with E-state index in [2.05, 4.69) is 15.5 Å². The summed E-state index contributed by atoms with van der Waals surface area (Å²) in [5.41, 5.74) is 0.936. The van der Waals surface area contributed by atoms with E-state index in [9.17, 15) is 18.8 Å². The molecule has 10 heteroatoms. The quantitative estimate of drug-likeness (QED) is 0.591. The Morgan fingerprint density at radius 2 is 1.94 bits per heavy atom. The van der Waals surface area contributed by atoms with Crippen LogP contribution in [0.25, 0.3) is 0 Å². The zero-order valence-electron chi connectivity index (χ0n) is 20.3. The first-order valence-corrected chi connectivity index (χ1v) is 11.8. The smallest absolute Gasteiger partial charge is 0.338 e. The fourth-order valence-corrected chi connectivity index (χ4v) is 4.54. The lowest BCUT2D eigenvalue weighted by atomic mass is 9.93. The minimum atomic E-state index is -0.959. The van der Waals surface area contributed by atoms with Crippen molar-refractivity contribution in [1.82, 2.24) is 25.3 Å². The van der Waals surface area contributed by atoms with Gasteiger partial charge in [0.1, 0.15) is 5.82 Å². The van der Waals surface area contributed by atoms with Crippen LogP contribution in [0.3, 0.4) is 0 Å². The molecule has 4 amide bonds. The van der Waals surface area contributed by atoms with Gasteiger partial charge in [-0.15, -0.1) is 0 Å². The largest absolute Gasteiger partial charge is 0.463 e. The monoisotopic (exact) mass is 475 g/mol. The first kappa shape index (κ1) is 25.5. The Morgan fingerprint density at radius 1 is 1.21 bits per heavy atom. The lowest BCUT2D eigenvalue weighted by Gasteiger charge is -2.42. The molecule has 0 saturated carbocycles. The molecular formula is C24H34FN5O4. The summed E-state index contributed by atoms with van der Waals surface area (Å²) in [7, 11) is 0. The number of piperazine rings is 1. The van der Waals surface area contributed by atoms with Crippen molar-refractivity contribution >= 4 is 18.0 Å². The van der Waals surface area contributed by atoms with Gasteiger partial charge in [0.25, 0.3) is 0 Å². The van der Waals surface area contributed by atoms with Gasteiger partial charge in [-0.2, -0.15) is 0 Å². The number of hydrogen-bond donors (Lipinski definition) is 2. The molecule has 9 nitrogen and oxygen atoms in total. The minimum Gasteiger partial charge on any atom is -0.463 e. The van der Waals surface area contributed by atoms with E-state index in [-0.39, 0.29) is 29.8 Å². The molecule has 1 aromatic carbocycles. The molecule has 2 aliphatic heterocycles. The maximum Gasteiger partial charge on any atom is 0.338 e. The molecule has 0 aliphatic carbocycles. The highest BCUT2D eigenvalue weighted by molar-refractivity contribution is 5.95. The van der Waals surface area contributed by atoms with E-state index in [1.54, 1.807) is 30.0 Å². The van der Waals surface area contributed by atoms with E-state index in [0.717, 1.165) is 0 Å². The number of amides is 4. The van der Waals surface area contributed by atoms with Gasteiger partial charge in [0.05, 0.1) is 18.2 Å². The zero-order chi connectivity index (χ0) is 24.8. The van der Waals surface area contributed by atoms with E-state index in [4.69, 9.17) is 4.74 Å². The standard InChI is InChI=1S/C24H34FN5O4/c1-5-26-23(32)30-13-12-28(14-16(30)4)15-19-20(22(31)34-7-3)21(27-24(33)29(19)6-2)17-10-8-9-11-18(17)25/h8-11,16,21H,5-7,12-15H2,1-4H3,(H,26,32)(H,27,33). The molecule has 0 radical (unpaired) electrons. The van der Waals surface area contributed by atoms with Crippen LogP contribution in [-0.4, -0.2) is 84.6 Å². The third kappa shape index (κ3) is 5.32. The van der Waals surface area contributed by atoms with E-state index in [1.165, 1.54) is 11.0 Å². The van der Waals surface area contributed by atoms with Gasteiger partial charge < -0.3 is 20.3 Å². The number of carbonyl (C=O) groups excluding carboxylic acids is 3. The molecule has 2 heterocycles. The van der Waals surface area contributed by atoms with Crippen LogP contribution in [0.15, 0.2) is 35.5 Å². The normalized spacial score (nSPS) is 21.4. The molecule has 0 aromatic heterocycles. The Hall–Kier alpha value is -3.14. The van der Waals surface area contributed by atoms with Crippen LogP contribution in [0, 0.1) is 5.82 Å². The van der Waals surface area contributed by atoms with Crippen molar-refractivity contribution in [1.29, 1.82) is 0 Å². The molecule has 2 aliphatic rings. The highest BCUT2D eigenvalue weighted by Crippen LogP contribution is 2.33. The first-order chi connectivity index (χ1) is 16.3. The van der Waals surface area contributed by atoms with Crippen LogP contribution >= 0.6 is 0 Å². The van der Waals surface area contributed by atoms with Crippen LogP contribution < -0.4 is 10.6 Å². The number of ether oxygens (including phenoxy) is 1. The van der Waals surface area contributed by atoms with Crippen molar-refractivity contribution < 1.29 is 23.5 Å². The lowest BCUT2D eigenvalue weighted by Crippen LogP contribution is -2.58. The number of nitrogens with zero attached hydrogens (tertiary/aromatic N) is 3. The molecule has 2 N–H and O–H groups in total. The van der Waals surface area contributed by atoms with E-state index >= 15 is 0 Å². The molecule has 2 atom stereocenters. The van der Waals surface area contributed by atoms with Crippen molar-refractivity contribution in [3.8, 4) is 0 Å². The maximum atomic E-state index is 14.7. The molecule has 3 rings (SSSR count). The fraction of sp³-hybridized carbons (Fsp3) is 0.542. The summed E-state index contributed by atoms with van der Waals surface area (Å²) in [4.78, 5) is 43.8. The van der Waals surface area contributed by atoms with Crippen molar-refractivity contribution in [3.63, 3.8) is 0 Å². The van der Waals surface area contributed by atoms with E-state index in [1.807, 2.05) is 20.8 Å². The summed E-state index contributed by atoms with van der Waals surface area (Å²) < 4.78 is 20.1. The zero-order valence-corrected chi connectivity index (χ0v) is 20.3. The van der Waals surface area contributed by atoms with Gasteiger partial charge in [-0.1, -0.05) is 18.2 Å². The van der Waals surface area contributed by atoms with Gasteiger partial charge in [-0.3, -0.25) is 9.80 Å². The highest BCUT2D eigenvalue weighted by Gasteiger charge is 2.40. The summed E-state index contributed by atoms with van der Waals surface area (Å²) in [6, 6.07) is 4.58. The number of nitrogens with one attached hydrogen (secondary N) is 2. The fourth-order valence-electron chi connectivity index (χ4n) is 4.54. The average molecular weight is 476 g/mol. The number of rotatable bonds is 7. The van der Waals surface area contributed by atoms with Crippen molar-refractivity contribution in [2.75, 3.05) is 45.9 Å². The van der Waals surface area contributed by atoms with E-state index < -0.39 is 23.9 Å². The molecule has 0 bridgehead atoms. The lowest BCUT2D eigenvalue weighted by molar-refractivity contribution is -0.139. The first-order valence-electron chi connectivity index (χ1n) is 11.8. The topological polar surface area (TPSA) is 94.2 Å². The van der Waals surface area contributed by atoms with Crippen molar-refractivity contribution in [3.05, 3.63) is 46.9 Å². The van der Waals surface area contributed by atoms with Crippen LogP contribution in [0.2, 0.25) is 0 Å². The number of halogens is 1. The average Bonchev–Trinajstić information content (AvgIpc) is 2.79. The van der Waals surface area contributed by atoms with E-state index in [0.29, 0.717) is 45.0 Å². The van der Waals surface area contributed by atoms with Crippen LogP contribution in [0.1, 0.15) is 39.3 Å². The number of urea groups is 2. The molecule has 1 saturated heterocycles. The second-order valence-electron chi connectivity index (χ2n) is 8.34. The van der Waals surface area contributed by atoms with Crippen molar-refractivity contribution in [2.24, 2.45) is 0 Å². The van der Waals surface area contributed by atoms with Gasteiger partial charge in [0.15, 0.2) is 0 Å². The van der Waals surface area contributed by atoms with Crippen LogP contribution in [0.5, 0.6) is 0 Å². The Bertz CT molecular complexity index is 953. The maximum absolute atomic E-state index is 14.7. The second-order valence-corrected chi connectivity index (χ2v) is 8.34. The molecular weight excluding hydrogens is 441 g/mol. The van der Waals surface area contributed by atoms with Crippen LogP contribution in [0.4, 0.5) is 14.0 Å². The Kier molecular flexibility index (Phi) is 8.49. The number of benzene rings is 1. The van der Waals surface area contributed by atoms with Crippen LogP contribution in [-0.2, 0) is 9.53 Å². The summed E-state index contributed by atoms with van der Waals surface area (Å²) >= 11 is 0. The van der Waals surface area contributed by atoms with Crippen molar-refractivity contribution in [2.45, 2.75) is 39.8 Å². The number of carbonyl (C=O) groups is 3. The highest BCUT2D eigenvalue weighted by atomic mass is 19.1. The van der Waals surface area contributed by atoms with Gasteiger partial charge >= 0.3 is 18.0 Å². The number of esters is 1. The van der Waals surface area contributed by atoms with Gasteiger partial charge in [0.2, 0.25) is 0 Å². The Morgan fingerprint density at radius 3 is 2.56 bits per heavy atom. The van der Waals surface area contributed by atoms with Gasteiger partial charge in [0, 0.05) is 56.6 Å². The summed E-state index contributed by atoms with van der Waals surface area (Å²) in [6.45, 7) is 10.4. The predicted molar refractivity (Wildman–Crippen MR) is 125 cm³/mol. The predicted octanol–water partition coefficient (Wildman–Crippen LogP) is 2.46. The molecule has 1 fully saturated rings. The molecule has 2 unspecified atom stereocenters. The SMILES string of the molecule is CCNC(=O)N1CCN(CC2=C(C(=O)OCC)C(c3ccccc3F)NC(=O)N2CC)CC1C. The summed E-state index contributed by atoms with van der Waals surface area (Å²) in [5, 5.41) is 5.61.